The Bertz CT molecular complexity index is 786. The third-order valence-corrected chi connectivity index (χ3v) is 3.22. The molecule has 2 aromatic carbocycles. The first-order chi connectivity index (χ1) is 10.4. The Kier molecular flexibility index (Phi) is 3.74. The van der Waals surface area contributed by atoms with Gasteiger partial charge in [0.25, 0.3) is 0 Å². The molecule has 0 amide bonds. The van der Waals surface area contributed by atoms with Crippen molar-refractivity contribution in [3.63, 3.8) is 0 Å². The summed E-state index contributed by atoms with van der Waals surface area (Å²) >= 11 is 0. The summed E-state index contributed by atoms with van der Waals surface area (Å²) in [6, 6.07) is 17.4. The van der Waals surface area contributed by atoms with Crippen LogP contribution in [-0.4, -0.2) is 16.6 Å². The van der Waals surface area contributed by atoms with E-state index in [1.165, 1.54) is 6.33 Å². The average molecular weight is 275 g/mol. The van der Waals surface area contributed by atoms with Gasteiger partial charge in [-0.25, -0.2) is 9.97 Å². The molecule has 102 valence electrons. The molecule has 1 aromatic heterocycles. The minimum absolute atomic E-state index is 0.535. The maximum absolute atomic E-state index is 8.76. The van der Waals surface area contributed by atoms with Crippen LogP contribution in [0.3, 0.4) is 0 Å². The first-order valence-electron chi connectivity index (χ1n) is 6.68. The molecule has 4 nitrogen and oxygen atoms in total. The van der Waals surface area contributed by atoms with E-state index in [1.54, 1.807) is 0 Å². The summed E-state index contributed by atoms with van der Waals surface area (Å²) in [7, 11) is 0. The van der Waals surface area contributed by atoms with Gasteiger partial charge in [0.1, 0.15) is 6.33 Å². The fourth-order valence-corrected chi connectivity index (χ4v) is 2.11. The highest BCUT2D eigenvalue weighted by molar-refractivity contribution is 5.82. The highest BCUT2D eigenvalue weighted by atomic mass is 16.5. The van der Waals surface area contributed by atoms with Gasteiger partial charge < -0.3 is 4.74 Å². The molecule has 0 aliphatic rings. The Labute approximate surface area is 122 Å². The molecule has 0 bridgehead atoms. The van der Waals surface area contributed by atoms with E-state index in [4.69, 9.17) is 10.00 Å². The molecular weight excluding hydrogens is 262 g/mol. The summed E-state index contributed by atoms with van der Waals surface area (Å²) in [5.41, 5.74) is 2.68. The van der Waals surface area contributed by atoms with Crippen molar-refractivity contribution in [1.29, 1.82) is 5.26 Å². The van der Waals surface area contributed by atoms with Crippen molar-refractivity contribution in [2.24, 2.45) is 0 Å². The second kappa shape index (κ2) is 6.02. The first-order valence-corrected chi connectivity index (χ1v) is 6.68. The maximum atomic E-state index is 8.76. The molecule has 0 atom stereocenters. The van der Waals surface area contributed by atoms with Gasteiger partial charge >= 0.3 is 0 Å². The number of fused-ring (bicyclic) bond motifs is 1. The molecule has 1 heterocycles. The number of hydrogen-bond acceptors (Lipinski definition) is 4. The number of hydrogen-bond donors (Lipinski definition) is 0. The second-order valence-corrected chi connectivity index (χ2v) is 4.60. The minimum atomic E-state index is 0.535. The first kappa shape index (κ1) is 13.1. The Morgan fingerprint density at radius 1 is 1.00 bits per heavy atom. The van der Waals surface area contributed by atoms with Crippen molar-refractivity contribution in [1.82, 2.24) is 9.97 Å². The molecular formula is C17H13N3O. The minimum Gasteiger partial charge on any atom is -0.477 e. The number of para-hydroxylation sites is 1. The Morgan fingerprint density at radius 3 is 2.62 bits per heavy atom. The molecule has 0 radical (unpaired) electrons. The summed E-state index contributed by atoms with van der Waals surface area (Å²) in [5, 5.41) is 9.68. The normalized spacial score (nSPS) is 10.2. The number of aromatic nitrogens is 2. The van der Waals surface area contributed by atoms with Gasteiger partial charge in [-0.05, 0) is 29.8 Å². The lowest BCUT2D eigenvalue weighted by Gasteiger charge is -2.07. The van der Waals surface area contributed by atoms with E-state index in [9.17, 15) is 0 Å². The van der Waals surface area contributed by atoms with E-state index in [-0.39, 0.29) is 0 Å². The Balaban J connectivity index is 1.68. The van der Waals surface area contributed by atoms with Crippen LogP contribution in [0.2, 0.25) is 0 Å². The summed E-state index contributed by atoms with van der Waals surface area (Å²) in [5.74, 6) is 0.606. The van der Waals surface area contributed by atoms with Crippen molar-refractivity contribution in [3.05, 3.63) is 66.0 Å². The summed E-state index contributed by atoms with van der Waals surface area (Å²) in [6.07, 6.45) is 2.28. The maximum Gasteiger partial charge on any atom is 0.224 e. The van der Waals surface area contributed by atoms with Gasteiger partial charge in [-0.15, -0.1) is 0 Å². The van der Waals surface area contributed by atoms with Crippen molar-refractivity contribution in [2.45, 2.75) is 6.42 Å². The highest BCUT2D eigenvalue weighted by Crippen LogP contribution is 2.20. The van der Waals surface area contributed by atoms with Crippen LogP contribution >= 0.6 is 0 Å². The van der Waals surface area contributed by atoms with E-state index in [2.05, 4.69) is 16.0 Å². The van der Waals surface area contributed by atoms with Gasteiger partial charge in [0, 0.05) is 6.42 Å². The van der Waals surface area contributed by atoms with Gasteiger partial charge in [-0.1, -0.05) is 24.3 Å². The largest absolute Gasteiger partial charge is 0.477 e. The molecule has 0 unspecified atom stereocenters. The molecule has 4 heteroatoms. The van der Waals surface area contributed by atoms with Crippen LogP contribution in [0.5, 0.6) is 5.88 Å². The molecule has 0 saturated carbocycles. The van der Waals surface area contributed by atoms with Crippen molar-refractivity contribution in [3.8, 4) is 11.9 Å². The number of rotatable bonds is 4. The SMILES string of the molecule is N#Cc1ccc(CCOc2ncnc3ccccc23)cc1. The molecule has 0 aliphatic heterocycles. The summed E-state index contributed by atoms with van der Waals surface area (Å²) in [4.78, 5) is 8.39. The molecule has 0 aliphatic carbocycles. The molecule has 3 aromatic rings. The Morgan fingerprint density at radius 2 is 1.81 bits per heavy atom. The van der Waals surface area contributed by atoms with Crippen LogP contribution in [0.15, 0.2) is 54.9 Å². The lowest BCUT2D eigenvalue weighted by Crippen LogP contribution is -2.03. The van der Waals surface area contributed by atoms with Gasteiger partial charge in [-0.3, -0.25) is 0 Å². The fourth-order valence-electron chi connectivity index (χ4n) is 2.11. The predicted molar refractivity (Wildman–Crippen MR) is 79.9 cm³/mol. The second-order valence-electron chi connectivity index (χ2n) is 4.60. The van der Waals surface area contributed by atoms with E-state index >= 15 is 0 Å². The van der Waals surface area contributed by atoms with Crippen molar-refractivity contribution < 1.29 is 4.74 Å². The smallest absolute Gasteiger partial charge is 0.224 e. The van der Waals surface area contributed by atoms with Gasteiger partial charge in [-0.2, -0.15) is 5.26 Å². The molecule has 0 saturated heterocycles. The van der Waals surface area contributed by atoms with Crippen LogP contribution < -0.4 is 4.74 Å². The fraction of sp³-hybridized carbons (Fsp3) is 0.118. The molecule has 0 spiro atoms. The van der Waals surface area contributed by atoms with Crippen molar-refractivity contribution >= 4 is 10.9 Å². The lowest BCUT2D eigenvalue weighted by atomic mass is 10.1. The number of nitrogens with zero attached hydrogens (tertiary/aromatic N) is 3. The van der Waals surface area contributed by atoms with Gasteiger partial charge in [0.15, 0.2) is 0 Å². The zero-order valence-corrected chi connectivity index (χ0v) is 11.4. The zero-order valence-electron chi connectivity index (χ0n) is 11.4. The third kappa shape index (κ3) is 2.98. The third-order valence-electron chi connectivity index (χ3n) is 3.22. The van der Waals surface area contributed by atoms with Crippen LogP contribution in [0.1, 0.15) is 11.1 Å². The van der Waals surface area contributed by atoms with Crippen LogP contribution in [0.25, 0.3) is 10.9 Å². The van der Waals surface area contributed by atoms with Crippen LogP contribution in [-0.2, 0) is 6.42 Å². The molecule has 21 heavy (non-hydrogen) atoms. The zero-order chi connectivity index (χ0) is 14.5. The standard InChI is InChI=1S/C17H13N3O/c18-11-14-7-5-13(6-8-14)9-10-21-17-15-3-1-2-4-16(15)19-12-20-17/h1-8,12H,9-10H2. The number of benzene rings is 2. The van der Waals surface area contributed by atoms with Crippen LogP contribution in [0.4, 0.5) is 0 Å². The summed E-state index contributed by atoms with van der Waals surface area (Å²) in [6.45, 7) is 0.535. The highest BCUT2D eigenvalue weighted by Gasteiger charge is 2.04. The average Bonchev–Trinajstić information content (AvgIpc) is 2.56. The van der Waals surface area contributed by atoms with E-state index < -0.39 is 0 Å². The summed E-state index contributed by atoms with van der Waals surface area (Å²) < 4.78 is 5.76. The number of nitriles is 1. The molecule has 0 fully saturated rings. The lowest BCUT2D eigenvalue weighted by molar-refractivity contribution is 0.313. The van der Waals surface area contributed by atoms with E-state index in [1.807, 2.05) is 48.5 Å². The van der Waals surface area contributed by atoms with E-state index in [0.29, 0.717) is 18.1 Å². The van der Waals surface area contributed by atoms with Crippen LogP contribution in [0, 0.1) is 11.3 Å². The monoisotopic (exact) mass is 275 g/mol. The van der Waals surface area contributed by atoms with E-state index in [0.717, 1.165) is 22.9 Å². The predicted octanol–water partition coefficient (Wildman–Crippen LogP) is 3.12. The molecule has 3 rings (SSSR count). The van der Waals surface area contributed by atoms with Crippen molar-refractivity contribution in [2.75, 3.05) is 6.61 Å². The number of ether oxygens (including phenoxy) is 1. The van der Waals surface area contributed by atoms with Gasteiger partial charge in [0.2, 0.25) is 5.88 Å². The van der Waals surface area contributed by atoms with Gasteiger partial charge in [0.05, 0.1) is 29.1 Å². The topological polar surface area (TPSA) is 58.8 Å². The quantitative estimate of drug-likeness (QED) is 0.734. The molecule has 0 N–H and O–H groups in total. The Hall–Kier alpha value is -2.93.